The van der Waals surface area contributed by atoms with E-state index in [1.165, 1.54) is 6.92 Å². The molecular weight excluding hydrogens is 399 g/mol. The Balaban J connectivity index is 2.35. The van der Waals surface area contributed by atoms with Crippen molar-refractivity contribution < 1.29 is 21.6 Å². The second-order valence-corrected chi connectivity index (χ2v) is 7.80. The predicted octanol–water partition coefficient (Wildman–Crippen LogP) is 1.86. The Kier molecular flexibility index (Phi) is 4.64. The molecule has 0 saturated heterocycles. The van der Waals surface area contributed by atoms with Crippen molar-refractivity contribution in [3.05, 3.63) is 52.2 Å². The fourth-order valence-electron chi connectivity index (χ4n) is 2.37. The highest BCUT2D eigenvalue weighted by molar-refractivity contribution is 7.91. The average Bonchev–Trinajstić information content (AvgIpc) is 2.67. The summed E-state index contributed by atoms with van der Waals surface area (Å²) in [6, 6.07) is 4.52. The molecule has 0 unspecified atom stereocenters. The van der Waals surface area contributed by atoms with Crippen LogP contribution in [0.3, 0.4) is 0 Å². The summed E-state index contributed by atoms with van der Waals surface area (Å²) in [5, 5.41) is 12.8. The number of aromatic nitrogens is 4. The Bertz CT molecular complexity index is 1290. The normalized spacial score (nSPS) is 12.1. The molecule has 0 aliphatic heterocycles. The van der Waals surface area contributed by atoms with Crippen LogP contribution in [0.15, 0.2) is 40.3 Å². The van der Waals surface area contributed by atoms with Gasteiger partial charge in [0, 0.05) is 11.6 Å². The zero-order chi connectivity index (χ0) is 20.7. The van der Waals surface area contributed by atoms with Gasteiger partial charge in [0.2, 0.25) is 0 Å². The van der Waals surface area contributed by atoms with E-state index < -0.39 is 43.5 Å². The second-order valence-electron chi connectivity index (χ2n) is 5.55. The Morgan fingerprint density at radius 2 is 1.96 bits per heavy atom. The summed E-state index contributed by atoms with van der Waals surface area (Å²) in [7, 11) is -3.92. The molecule has 3 aromatic heterocycles. The number of sulfone groups is 1. The van der Waals surface area contributed by atoms with E-state index in [0.717, 1.165) is 24.5 Å². The van der Waals surface area contributed by atoms with Crippen LogP contribution in [0.1, 0.15) is 18.2 Å². The number of pyridine rings is 2. The summed E-state index contributed by atoms with van der Waals surface area (Å²) in [6.07, 6.45) is -2.66. The van der Waals surface area contributed by atoms with E-state index >= 15 is 0 Å². The molecule has 8 nitrogen and oxygen atoms in total. The standard InChI is InChI=1S/C16H10F3N5O3S/c1-2-28(26,27)11-5-9(6-20)7-21-14(11)24-15(25)13-10(8-22-24)3-4-12(23-13)16(17,18)19/h3-5,7-8H,2H2,1H3. The molecule has 0 aliphatic carbocycles. The third kappa shape index (κ3) is 3.31. The average molecular weight is 409 g/mol. The number of nitrogens with zero attached hydrogens (tertiary/aromatic N) is 5. The Morgan fingerprint density at radius 1 is 1.25 bits per heavy atom. The van der Waals surface area contributed by atoms with Crippen molar-refractivity contribution in [1.29, 1.82) is 5.26 Å². The van der Waals surface area contributed by atoms with E-state index in [9.17, 15) is 26.4 Å². The molecule has 12 heteroatoms. The Labute approximate surface area is 155 Å². The van der Waals surface area contributed by atoms with Crippen molar-refractivity contribution in [2.75, 3.05) is 5.75 Å². The summed E-state index contributed by atoms with van der Waals surface area (Å²) in [5.74, 6) is -0.776. The molecule has 0 N–H and O–H groups in total. The molecule has 0 bridgehead atoms. The molecule has 0 aromatic carbocycles. The van der Waals surface area contributed by atoms with Gasteiger partial charge < -0.3 is 0 Å². The lowest BCUT2D eigenvalue weighted by Gasteiger charge is -2.11. The molecule has 0 saturated carbocycles. The van der Waals surface area contributed by atoms with Gasteiger partial charge in [-0.05, 0) is 18.2 Å². The monoisotopic (exact) mass is 409 g/mol. The van der Waals surface area contributed by atoms with Crippen molar-refractivity contribution in [1.82, 2.24) is 19.7 Å². The van der Waals surface area contributed by atoms with E-state index in [1.54, 1.807) is 6.07 Å². The van der Waals surface area contributed by atoms with Crippen molar-refractivity contribution in [3.63, 3.8) is 0 Å². The van der Waals surface area contributed by atoms with Crippen LogP contribution < -0.4 is 5.56 Å². The van der Waals surface area contributed by atoms with Crippen LogP contribution in [0.2, 0.25) is 0 Å². The minimum atomic E-state index is -4.77. The number of fused-ring (bicyclic) bond motifs is 1. The van der Waals surface area contributed by atoms with E-state index in [0.29, 0.717) is 10.7 Å². The largest absolute Gasteiger partial charge is 0.433 e. The minimum Gasteiger partial charge on any atom is -0.265 e. The molecular formula is C16H10F3N5O3S. The maximum absolute atomic E-state index is 12.9. The summed E-state index contributed by atoms with van der Waals surface area (Å²) < 4.78 is 64.0. The number of hydrogen-bond donors (Lipinski definition) is 0. The van der Waals surface area contributed by atoms with Crippen LogP contribution in [0.4, 0.5) is 13.2 Å². The first-order valence-corrected chi connectivity index (χ1v) is 9.33. The molecule has 0 atom stereocenters. The van der Waals surface area contributed by atoms with Gasteiger partial charge in [-0.15, -0.1) is 0 Å². The smallest absolute Gasteiger partial charge is 0.265 e. The number of hydrogen-bond acceptors (Lipinski definition) is 7. The SMILES string of the molecule is CCS(=O)(=O)c1cc(C#N)cnc1-n1ncc2ccc(C(F)(F)F)nc2c1=O. The summed E-state index contributed by atoms with van der Waals surface area (Å²) in [5.41, 5.74) is -2.96. The minimum absolute atomic E-state index is 0.0443. The van der Waals surface area contributed by atoms with Crippen LogP contribution in [0.5, 0.6) is 0 Å². The van der Waals surface area contributed by atoms with Crippen LogP contribution in [-0.4, -0.2) is 33.9 Å². The van der Waals surface area contributed by atoms with Crippen molar-refractivity contribution in [2.45, 2.75) is 18.0 Å². The Hall–Kier alpha value is -3.33. The van der Waals surface area contributed by atoms with E-state index in [-0.39, 0.29) is 16.7 Å². The lowest BCUT2D eigenvalue weighted by Crippen LogP contribution is -2.25. The van der Waals surface area contributed by atoms with Crippen LogP contribution in [0.25, 0.3) is 16.7 Å². The highest BCUT2D eigenvalue weighted by atomic mass is 32.2. The summed E-state index contributed by atoms with van der Waals surface area (Å²) in [6.45, 7) is 1.35. The highest BCUT2D eigenvalue weighted by Crippen LogP contribution is 2.28. The maximum atomic E-state index is 12.9. The third-order valence-electron chi connectivity index (χ3n) is 3.80. The molecule has 3 rings (SSSR count). The van der Waals surface area contributed by atoms with Gasteiger partial charge in [-0.25, -0.2) is 18.4 Å². The molecule has 144 valence electrons. The quantitative estimate of drug-likeness (QED) is 0.648. The lowest BCUT2D eigenvalue weighted by molar-refractivity contribution is -0.140. The molecule has 28 heavy (non-hydrogen) atoms. The number of rotatable bonds is 3. The van der Waals surface area contributed by atoms with Crippen LogP contribution >= 0.6 is 0 Å². The van der Waals surface area contributed by atoms with Gasteiger partial charge in [0.25, 0.3) is 5.56 Å². The second kappa shape index (κ2) is 6.68. The van der Waals surface area contributed by atoms with Gasteiger partial charge in [-0.2, -0.15) is 28.2 Å². The van der Waals surface area contributed by atoms with Crippen LogP contribution in [0, 0.1) is 11.3 Å². The molecule has 3 aromatic rings. The van der Waals surface area contributed by atoms with Crippen molar-refractivity contribution in [2.24, 2.45) is 0 Å². The molecule has 0 amide bonds. The Morgan fingerprint density at radius 3 is 2.57 bits per heavy atom. The molecule has 3 heterocycles. The zero-order valence-electron chi connectivity index (χ0n) is 14.1. The number of halogens is 3. The van der Waals surface area contributed by atoms with Gasteiger partial charge in [-0.1, -0.05) is 6.92 Å². The van der Waals surface area contributed by atoms with Gasteiger partial charge >= 0.3 is 6.18 Å². The van der Waals surface area contributed by atoms with Crippen LogP contribution in [-0.2, 0) is 16.0 Å². The first-order chi connectivity index (χ1) is 13.1. The zero-order valence-corrected chi connectivity index (χ0v) is 14.9. The predicted molar refractivity (Wildman–Crippen MR) is 90.4 cm³/mol. The molecule has 0 spiro atoms. The molecule has 0 fully saturated rings. The van der Waals surface area contributed by atoms with Crippen molar-refractivity contribution >= 4 is 20.7 Å². The number of alkyl halides is 3. The molecule has 0 radical (unpaired) electrons. The van der Waals surface area contributed by atoms with Gasteiger partial charge in [0.1, 0.15) is 22.2 Å². The highest BCUT2D eigenvalue weighted by Gasteiger charge is 2.33. The van der Waals surface area contributed by atoms with E-state index in [4.69, 9.17) is 5.26 Å². The maximum Gasteiger partial charge on any atom is 0.433 e. The van der Waals surface area contributed by atoms with Gasteiger partial charge in [0.05, 0.1) is 17.5 Å². The van der Waals surface area contributed by atoms with E-state index in [2.05, 4.69) is 15.1 Å². The van der Waals surface area contributed by atoms with Crippen molar-refractivity contribution in [3.8, 4) is 11.9 Å². The fraction of sp³-hybridized carbons (Fsp3) is 0.188. The summed E-state index contributed by atoms with van der Waals surface area (Å²) >= 11 is 0. The first kappa shape index (κ1) is 19.4. The molecule has 0 aliphatic rings. The number of nitriles is 1. The fourth-order valence-corrected chi connectivity index (χ4v) is 3.40. The third-order valence-corrected chi connectivity index (χ3v) is 5.53. The first-order valence-electron chi connectivity index (χ1n) is 7.68. The van der Waals surface area contributed by atoms with Gasteiger partial charge in [-0.3, -0.25) is 4.79 Å². The van der Waals surface area contributed by atoms with E-state index in [1.807, 2.05) is 0 Å². The summed E-state index contributed by atoms with van der Waals surface area (Å²) in [4.78, 5) is 19.4. The van der Waals surface area contributed by atoms with Gasteiger partial charge in [0.15, 0.2) is 15.7 Å². The topological polar surface area (TPSA) is 119 Å². The lowest BCUT2D eigenvalue weighted by atomic mass is 10.2.